The van der Waals surface area contributed by atoms with E-state index in [9.17, 15) is 0 Å². The zero-order valence-electron chi connectivity index (χ0n) is 10.7. The van der Waals surface area contributed by atoms with E-state index in [2.05, 4.69) is 4.98 Å². The maximum atomic E-state index is 7.54. The van der Waals surface area contributed by atoms with Gasteiger partial charge in [-0.1, -0.05) is 30.3 Å². The number of rotatable bonds is 3. The summed E-state index contributed by atoms with van der Waals surface area (Å²) in [5.74, 6) is 1.14. The average Bonchev–Trinajstić information content (AvgIpc) is 2.47. The van der Waals surface area contributed by atoms with Gasteiger partial charge in [0, 0.05) is 6.20 Å². The molecule has 0 aliphatic heterocycles. The molecule has 4 heteroatoms. The van der Waals surface area contributed by atoms with Gasteiger partial charge in [-0.15, -0.1) is 0 Å². The van der Waals surface area contributed by atoms with Crippen LogP contribution >= 0.6 is 0 Å². The fraction of sp³-hybridized carbons (Fsp3) is 0. The highest BCUT2D eigenvalue weighted by atomic mass is 16.5. The molecule has 0 spiro atoms. The minimum absolute atomic E-state index is 0.0387. The molecule has 0 radical (unpaired) electrons. The number of benzene rings is 2. The average molecular weight is 263 g/mol. The highest BCUT2D eigenvalue weighted by Gasteiger charge is 2.07. The summed E-state index contributed by atoms with van der Waals surface area (Å²) in [6.45, 7) is 0. The maximum absolute atomic E-state index is 7.54. The number of pyridine rings is 1. The third kappa shape index (κ3) is 2.31. The van der Waals surface area contributed by atoms with Gasteiger partial charge in [-0.25, -0.2) is 0 Å². The maximum Gasteiger partial charge on any atom is 0.156 e. The topological polar surface area (TPSA) is 72.0 Å². The molecule has 1 heterocycles. The van der Waals surface area contributed by atoms with Crippen LogP contribution in [0, 0.1) is 5.41 Å². The number of hydrogen-bond acceptors (Lipinski definition) is 3. The number of nitrogens with one attached hydrogen (secondary N) is 1. The number of fused-ring (bicyclic) bond motifs is 1. The van der Waals surface area contributed by atoms with E-state index in [4.69, 9.17) is 15.9 Å². The van der Waals surface area contributed by atoms with Crippen LogP contribution in [0.15, 0.2) is 60.9 Å². The summed E-state index contributed by atoms with van der Waals surface area (Å²) in [6.07, 6.45) is 3.15. The lowest BCUT2D eigenvalue weighted by Crippen LogP contribution is -2.12. The van der Waals surface area contributed by atoms with Crippen molar-refractivity contribution >= 4 is 16.6 Å². The van der Waals surface area contributed by atoms with Crippen LogP contribution in [0.4, 0.5) is 0 Å². The Morgan fingerprint density at radius 1 is 1.05 bits per heavy atom. The van der Waals surface area contributed by atoms with Gasteiger partial charge in [0.05, 0.1) is 11.8 Å². The van der Waals surface area contributed by atoms with Crippen LogP contribution in [0.1, 0.15) is 5.56 Å². The van der Waals surface area contributed by atoms with Crippen LogP contribution in [0.2, 0.25) is 0 Å². The van der Waals surface area contributed by atoms with Crippen molar-refractivity contribution in [1.82, 2.24) is 4.98 Å². The number of ether oxygens (including phenoxy) is 1. The second-order valence-electron chi connectivity index (χ2n) is 4.40. The van der Waals surface area contributed by atoms with Crippen molar-refractivity contribution in [3.05, 3.63) is 66.5 Å². The fourth-order valence-electron chi connectivity index (χ4n) is 2.04. The molecule has 1 aromatic heterocycles. The Balaban J connectivity index is 1.99. The molecular weight excluding hydrogens is 250 g/mol. The van der Waals surface area contributed by atoms with Gasteiger partial charge in [0.1, 0.15) is 11.6 Å². The molecule has 4 nitrogen and oxygen atoms in total. The van der Waals surface area contributed by atoms with Gasteiger partial charge in [0.25, 0.3) is 0 Å². The van der Waals surface area contributed by atoms with E-state index in [0.29, 0.717) is 17.1 Å². The summed E-state index contributed by atoms with van der Waals surface area (Å²) in [6, 6.07) is 15.6. The van der Waals surface area contributed by atoms with E-state index in [-0.39, 0.29) is 5.84 Å². The smallest absolute Gasteiger partial charge is 0.156 e. The zero-order valence-corrected chi connectivity index (χ0v) is 10.7. The molecule has 3 rings (SSSR count). The Morgan fingerprint density at radius 3 is 2.65 bits per heavy atom. The molecule has 0 saturated carbocycles. The number of aromatic nitrogens is 1. The quantitative estimate of drug-likeness (QED) is 0.562. The molecule has 0 aliphatic rings. The molecule has 2 aromatic carbocycles. The van der Waals surface area contributed by atoms with Gasteiger partial charge in [-0.2, -0.15) is 0 Å². The van der Waals surface area contributed by atoms with Crippen LogP contribution in [0.5, 0.6) is 11.5 Å². The predicted molar refractivity (Wildman–Crippen MR) is 79.3 cm³/mol. The Kier molecular flexibility index (Phi) is 3.05. The summed E-state index contributed by atoms with van der Waals surface area (Å²) in [5.41, 5.74) is 6.07. The first-order chi connectivity index (χ1) is 9.74. The Labute approximate surface area is 116 Å². The second-order valence-corrected chi connectivity index (χ2v) is 4.40. The van der Waals surface area contributed by atoms with E-state index < -0.39 is 0 Å². The number of nitrogen functional groups attached to an aromatic ring is 1. The van der Waals surface area contributed by atoms with Crippen molar-refractivity contribution < 1.29 is 4.74 Å². The lowest BCUT2D eigenvalue weighted by Gasteiger charge is -2.10. The lowest BCUT2D eigenvalue weighted by atomic mass is 10.1. The monoisotopic (exact) mass is 263 g/mol. The van der Waals surface area contributed by atoms with Crippen LogP contribution in [-0.2, 0) is 0 Å². The fourth-order valence-corrected chi connectivity index (χ4v) is 2.04. The predicted octanol–water partition coefficient (Wildman–Crippen LogP) is 3.31. The van der Waals surface area contributed by atoms with Gasteiger partial charge in [-0.3, -0.25) is 10.4 Å². The Morgan fingerprint density at radius 2 is 1.85 bits per heavy atom. The highest BCUT2D eigenvalue weighted by Crippen LogP contribution is 2.27. The minimum atomic E-state index is -0.0387. The van der Waals surface area contributed by atoms with E-state index >= 15 is 0 Å². The van der Waals surface area contributed by atoms with Gasteiger partial charge >= 0.3 is 0 Å². The van der Waals surface area contributed by atoms with Crippen LogP contribution in [0.3, 0.4) is 0 Å². The molecule has 0 amide bonds. The van der Waals surface area contributed by atoms with Crippen molar-refractivity contribution in [2.75, 3.05) is 0 Å². The summed E-state index contributed by atoms with van der Waals surface area (Å²) in [4.78, 5) is 4.01. The van der Waals surface area contributed by atoms with Crippen LogP contribution < -0.4 is 10.5 Å². The van der Waals surface area contributed by atoms with Crippen molar-refractivity contribution in [3.8, 4) is 11.5 Å². The van der Waals surface area contributed by atoms with Gasteiger partial charge in [-0.05, 0) is 29.0 Å². The van der Waals surface area contributed by atoms with Crippen molar-refractivity contribution in [1.29, 1.82) is 5.41 Å². The SMILES string of the molecule is N=C(N)c1ccncc1Oc1ccc2ccccc2c1. The Hall–Kier alpha value is -2.88. The molecule has 3 N–H and O–H groups in total. The third-order valence-corrected chi connectivity index (χ3v) is 3.02. The van der Waals surface area contributed by atoms with Crippen LogP contribution in [0.25, 0.3) is 10.8 Å². The van der Waals surface area contributed by atoms with E-state index in [1.807, 2.05) is 42.5 Å². The van der Waals surface area contributed by atoms with E-state index in [0.717, 1.165) is 10.8 Å². The summed E-state index contributed by atoms with van der Waals surface area (Å²) < 4.78 is 5.80. The first kappa shape index (κ1) is 12.2. The molecule has 0 fully saturated rings. The third-order valence-electron chi connectivity index (χ3n) is 3.02. The van der Waals surface area contributed by atoms with Crippen LogP contribution in [-0.4, -0.2) is 10.8 Å². The summed E-state index contributed by atoms with van der Waals surface area (Å²) in [5, 5.41) is 9.79. The number of amidine groups is 1. The van der Waals surface area contributed by atoms with E-state index in [1.165, 1.54) is 0 Å². The Bertz CT molecular complexity index is 783. The number of nitrogens with zero attached hydrogens (tertiary/aromatic N) is 1. The van der Waals surface area contributed by atoms with Gasteiger partial charge in [0.15, 0.2) is 5.75 Å². The molecule has 0 bridgehead atoms. The van der Waals surface area contributed by atoms with Crippen molar-refractivity contribution in [3.63, 3.8) is 0 Å². The molecule has 0 atom stereocenters. The number of nitrogens with two attached hydrogens (primary N) is 1. The number of hydrogen-bond donors (Lipinski definition) is 2. The highest BCUT2D eigenvalue weighted by molar-refractivity contribution is 5.97. The van der Waals surface area contributed by atoms with E-state index in [1.54, 1.807) is 18.5 Å². The molecule has 3 aromatic rings. The minimum Gasteiger partial charge on any atom is -0.455 e. The lowest BCUT2D eigenvalue weighted by molar-refractivity contribution is 0.480. The molecular formula is C16H13N3O. The molecule has 0 saturated heterocycles. The molecule has 0 unspecified atom stereocenters. The van der Waals surface area contributed by atoms with Crippen molar-refractivity contribution in [2.24, 2.45) is 5.73 Å². The second kappa shape index (κ2) is 5.01. The summed E-state index contributed by atoms with van der Waals surface area (Å²) in [7, 11) is 0. The largest absolute Gasteiger partial charge is 0.455 e. The van der Waals surface area contributed by atoms with Crippen molar-refractivity contribution in [2.45, 2.75) is 0 Å². The van der Waals surface area contributed by atoms with Gasteiger partial charge in [0.2, 0.25) is 0 Å². The summed E-state index contributed by atoms with van der Waals surface area (Å²) >= 11 is 0. The normalized spacial score (nSPS) is 10.4. The molecule has 20 heavy (non-hydrogen) atoms. The first-order valence-electron chi connectivity index (χ1n) is 6.19. The molecule has 98 valence electrons. The van der Waals surface area contributed by atoms with Gasteiger partial charge < -0.3 is 10.5 Å². The zero-order chi connectivity index (χ0) is 13.9. The standard InChI is InChI=1S/C16H13N3O/c17-16(18)14-7-8-19-10-15(14)20-13-6-5-11-3-1-2-4-12(11)9-13/h1-10H,(H3,17,18). The first-order valence-corrected chi connectivity index (χ1v) is 6.19. The molecule has 0 aliphatic carbocycles.